The quantitative estimate of drug-likeness (QED) is 0.656. The molecule has 2 aromatic rings. The van der Waals surface area contributed by atoms with Crippen molar-refractivity contribution in [3.05, 3.63) is 20.7 Å². The van der Waals surface area contributed by atoms with Crippen molar-refractivity contribution >= 4 is 34.5 Å². The highest BCUT2D eigenvalue weighted by atomic mass is 32.1. The Labute approximate surface area is 79.3 Å². The number of nitrogens with one attached hydrogen (secondary N) is 1. The van der Waals surface area contributed by atoms with E-state index in [-0.39, 0.29) is 0 Å². The predicted molar refractivity (Wildman–Crippen MR) is 54.3 cm³/mol. The third kappa shape index (κ3) is 1.07. The molecule has 0 fully saturated rings. The number of H-pyrrole nitrogens is 1. The molecule has 0 saturated heterocycles. The average Bonchev–Trinajstić information content (AvgIpc) is 2.31. The Morgan fingerprint density at radius 2 is 2.25 bits per heavy atom. The van der Waals surface area contributed by atoms with Gasteiger partial charge in [0.2, 0.25) is 0 Å². The largest absolute Gasteiger partial charge is 0.343 e. The maximum absolute atomic E-state index is 5.16. The van der Waals surface area contributed by atoms with Gasteiger partial charge in [0.25, 0.3) is 0 Å². The zero-order valence-corrected chi connectivity index (χ0v) is 8.47. The topological polar surface area (TPSA) is 28.7 Å². The normalized spacial score (nSPS) is 10.8. The van der Waals surface area contributed by atoms with Gasteiger partial charge in [0.1, 0.15) is 10.5 Å². The number of nitrogens with zero attached hydrogens (tertiary/aromatic N) is 1. The van der Waals surface area contributed by atoms with E-state index in [4.69, 9.17) is 12.2 Å². The molecular weight excluding hydrogens is 188 g/mol. The van der Waals surface area contributed by atoms with E-state index in [2.05, 4.69) is 22.3 Å². The third-order valence-corrected chi connectivity index (χ3v) is 2.98. The molecule has 1 N–H and O–H groups in total. The first kappa shape index (κ1) is 7.89. The Kier molecular flexibility index (Phi) is 1.73. The lowest BCUT2D eigenvalue weighted by molar-refractivity contribution is 1.08. The SMILES string of the molecule is Cc1nc(=S)c2c(C)scc2[nH]1. The van der Waals surface area contributed by atoms with Crippen molar-refractivity contribution < 1.29 is 0 Å². The molecule has 2 nitrogen and oxygen atoms in total. The van der Waals surface area contributed by atoms with Crippen LogP contribution in [-0.4, -0.2) is 9.97 Å². The molecule has 0 aliphatic heterocycles. The minimum absolute atomic E-state index is 0.708. The zero-order valence-electron chi connectivity index (χ0n) is 6.84. The first-order valence-electron chi connectivity index (χ1n) is 3.63. The average molecular weight is 196 g/mol. The smallest absolute Gasteiger partial charge is 0.138 e. The summed E-state index contributed by atoms with van der Waals surface area (Å²) in [6.45, 7) is 3.98. The van der Waals surface area contributed by atoms with E-state index in [1.54, 1.807) is 11.3 Å². The predicted octanol–water partition coefficient (Wildman–Crippen LogP) is 2.97. The molecule has 4 heteroatoms. The van der Waals surface area contributed by atoms with E-state index >= 15 is 0 Å². The monoisotopic (exact) mass is 196 g/mol. The van der Waals surface area contributed by atoms with E-state index in [0.717, 1.165) is 16.7 Å². The van der Waals surface area contributed by atoms with Crippen molar-refractivity contribution in [1.82, 2.24) is 9.97 Å². The Balaban J connectivity index is 3.03. The third-order valence-electron chi connectivity index (χ3n) is 1.77. The summed E-state index contributed by atoms with van der Waals surface area (Å²) in [6, 6.07) is 0. The van der Waals surface area contributed by atoms with E-state index < -0.39 is 0 Å². The van der Waals surface area contributed by atoms with E-state index in [1.165, 1.54) is 4.88 Å². The van der Waals surface area contributed by atoms with Crippen LogP contribution in [0.25, 0.3) is 10.9 Å². The van der Waals surface area contributed by atoms with Crippen LogP contribution in [0.5, 0.6) is 0 Å². The summed E-state index contributed by atoms with van der Waals surface area (Å²) in [7, 11) is 0. The summed E-state index contributed by atoms with van der Waals surface area (Å²) in [5.74, 6) is 0.880. The van der Waals surface area contributed by atoms with Crippen LogP contribution in [-0.2, 0) is 0 Å². The number of fused-ring (bicyclic) bond motifs is 1. The van der Waals surface area contributed by atoms with Gasteiger partial charge in [0.15, 0.2) is 0 Å². The molecule has 2 rings (SSSR count). The van der Waals surface area contributed by atoms with Gasteiger partial charge >= 0.3 is 0 Å². The van der Waals surface area contributed by atoms with Crippen molar-refractivity contribution in [2.24, 2.45) is 0 Å². The van der Waals surface area contributed by atoms with Crippen molar-refractivity contribution in [2.45, 2.75) is 13.8 Å². The molecule has 0 atom stereocenters. The molecule has 2 heterocycles. The van der Waals surface area contributed by atoms with Crippen LogP contribution in [0.15, 0.2) is 5.38 Å². The number of hydrogen-bond donors (Lipinski definition) is 1. The molecular formula is C8H8N2S2. The minimum Gasteiger partial charge on any atom is -0.343 e. The van der Waals surface area contributed by atoms with Gasteiger partial charge in [0, 0.05) is 15.6 Å². The van der Waals surface area contributed by atoms with Crippen molar-refractivity contribution in [3.8, 4) is 0 Å². The zero-order chi connectivity index (χ0) is 8.72. The Morgan fingerprint density at radius 1 is 1.50 bits per heavy atom. The summed E-state index contributed by atoms with van der Waals surface area (Å²) in [5, 5.41) is 3.18. The van der Waals surface area contributed by atoms with Crippen LogP contribution in [0, 0.1) is 18.5 Å². The van der Waals surface area contributed by atoms with Gasteiger partial charge in [-0.1, -0.05) is 12.2 Å². The molecule has 0 aliphatic carbocycles. The lowest BCUT2D eigenvalue weighted by Gasteiger charge is -1.94. The molecule has 12 heavy (non-hydrogen) atoms. The number of aryl methyl sites for hydroxylation is 2. The maximum Gasteiger partial charge on any atom is 0.138 e. The lowest BCUT2D eigenvalue weighted by atomic mass is 10.3. The second-order valence-corrected chi connectivity index (χ2v) is 4.18. The summed E-state index contributed by atoms with van der Waals surface area (Å²) >= 11 is 6.86. The van der Waals surface area contributed by atoms with Crippen LogP contribution in [0.1, 0.15) is 10.7 Å². The standard InChI is InChI=1S/C8H8N2S2/c1-4-7-6(3-12-4)9-5(2)10-8(7)11/h3H,1-2H3,(H,9,10,11). The Hall–Kier alpha value is -0.740. The summed E-state index contributed by atoms with van der Waals surface area (Å²) < 4.78 is 0.708. The highest BCUT2D eigenvalue weighted by Crippen LogP contribution is 2.23. The molecule has 62 valence electrons. The van der Waals surface area contributed by atoms with Crippen molar-refractivity contribution in [2.75, 3.05) is 0 Å². The molecule has 0 spiro atoms. The molecule has 0 saturated carbocycles. The van der Waals surface area contributed by atoms with E-state index in [0.29, 0.717) is 4.64 Å². The summed E-state index contributed by atoms with van der Waals surface area (Å²) in [5.41, 5.74) is 1.11. The molecule has 0 aliphatic rings. The van der Waals surface area contributed by atoms with Gasteiger partial charge < -0.3 is 4.98 Å². The molecule has 0 unspecified atom stereocenters. The summed E-state index contributed by atoms with van der Waals surface area (Å²) in [4.78, 5) is 8.62. The van der Waals surface area contributed by atoms with Gasteiger partial charge in [0.05, 0.1) is 5.52 Å². The molecule has 0 radical (unpaired) electrons. The van der Waals surface area contributed by atoms with Gasteiger partial charge in [-0.2, -0.15) is 0 Å². The first-order chi connectivity index (χ1) is 5.68. The Bertz CT molecular complexity index is 481. The van der Waals surface area contributed by atoms with Crippen molar-refractivity contribution in [3.63, 3.8) is 0 Å². The second kappa shape index (κ2) is 2.64. The fourth-order valence-corrected chi connectivity index (χ4v) is 2.50. The first-order valence-corrected chi connectivity index (χ1v) is 4.92. The fourth-order valence-electron chi connectivity index (χ4n) is 1.24. The number of thiophene rings is 1. The van der Waals surface area contributed by atoms with Gasteiger partial charge in [-0.25, -0.2) is 4.98 Å². The number of aromatic nitrogens is 2. The van der Waals surface area contributed by atoms with E-state index in [1.807, 2.05) is 6.92 Å². The van der Waals surface area contributed by atoms with Gasteiger partial charge in [-0.05, 0) is 13.8 Å². The molecule has 2 aromatic heterocycles. The highest BCUT2D eigenvalue weighted by molar-refractivity contribution is 7.71. The number of rotatable bonds is 0. The fraction of sp³-hybridized carbons (Fsp3) is 0.250. The van der Waals surface area contributed by atoms with Gasteiger partial charge in [-0.3, -0.25) is 0 Å². The number of hydrogen-bond acceptors (Lipinski definition) is 3. The second-order valence-electron chi connectivity index (χ2n) is 2.71. The van der Waals surface area contributed by atoms with Gasteiger partial charge in [-0.15, -0.1) is 11.3 Å². The Morgan fingerprint density at radius 3 is 3.00 bits per heavy atom. The van der Waals surface area contributed by atoms with Crippen LogP contribution >= 0.6 is 23.6 Å². The molecule has 0 aromatic carbocycles. The van der Waals surface area contributed by atoms with Crippen LogP contribution in [0.3, 0.4) is 0 Å². The molecule has 0 bridgehead atoms. The highest BCUT2D eigenvalue weighted by Gasteiger charge is 2.02. The summed E-state index contributed by atoms with van der Waals surface area (Å²) in [6.07, 6.45) is 0. The van der Waals surface area contributed by atoms with Crippen LogP contribution in [0.2, 0.25) is 0 Å². The number of aromatic amines is 1. The lowest BCUT2D eigenvalue weighted by Crippen LogP contribution is -1.87. The molecule has 0 amide bonds. The van der Waals surface area contributed by atoms with Crippen LogP contribution in [0.4, 0.5) is 0 Å². The van der Waals surface area contributed by atoms with E-state index in [9.17, 15) is 0 Å². The van der Waals surface area contributed by atoms with Crippen molar-refractivity contribution in [1.29, 1.82) is 0 Å². The van der Waals surface area contributed by atoms with Crippen LogP contribution < -0.4 is 0 Å². The minimum atomic E-state index is 0.708. The maximum atomic E-state index is 5.16.